The molecule has 0 aromatic carbocycles. The molecule has 2 aliphatic carbocycles. The van der Waals surface area contributed by atoms with Crippen molar-refractivity contribution in [3.63, 3.8) is 0 Å². The van der Waals surface area contributed by atoms with E-state index in [1.807, 2.05) is 0 Å². The second-order valence-electron chi connectivity index (χ2n) is 6.27. The minimum absolute atomic E-state index is 0.130. The Morgan fingerprint density at radius 2 is 1.52 bits per heavy atom. The number of hydrogen-bond acceptors (Lipinski definition) is 9. The number of aliphatic hydroxyl groups is 8. The van der Waals surface area contributed by atoms with Crippen LogP contribution >= 0.6 is 0 Å². The lowest BCUT2D eigenvalue weighted by molar-refractivity contribution is -0.135. The quantitative estimate of drug-likeness (QED) is 0.229. The summed E-state index contributed by atoms with van der Waals surface area (Å²) in [7, 11) is 0. The molecular formula is C14H25NO8. The van der Waals surface area contributed by atoms with Gasteiger partial charge in [0.1, 0.15) is 24.4 Å². The van der Waals surface area contributed by atoms with E-state index in [9.17, 15) is 40.9 Å². The summed E-state index contributed by atoms with van der Waals surface area (Å²) in [5, 5.41) is 80.6. The van der Waals surface area contributed by atoms with Crippen LogP contribution in [0.4, 0.5) is 0 Å². The van der Waals surface area contributed by atoms with Gasteiger partial charge in [0.2, 0.25) is 0 Å². The van der Waals surface area contributed by atoms with E-state index in [1.165, 1.54) is 6.08 Å². The first kappa shape index (κ1) is 18.7. The molecule has 0 aliphatic heterocycles. The van der Waals surface area contributed by atoms with E-state index in [-0.39, 0.29) is 18.6 Å². The Kier molecular flexibility index (Phi) is 6.11. The summed E-state index contributed by atoms with van der Waals surface area (Å²) in [4.78, 5) is 0. The summed E-state index contributed by atoms with van der Waals surface area (Å²) in [6.45, 7) is -0.883. The fourth-order valence-corrected chi connectivity index (χ4v) is 3.26. The van der Waals surface area contributed by atoms with E-state index in [0.717, 1.165) is 0 Å². The zero-order chi connectivity index (χ0) is 17.3. The van der Waals surface area contributed by atoms with Crippen LogP contribution in [0.5, 0.6) is 0 Å². The monoisotopic (exact) mass is 335 g/mol. The lowest BCUT2D eigenvalue weighted by Gasteiger charge is -2.43. The fourth-order valence-electron chi connectivity index (χ4n) is 3.26. The number of hydrogen-bond donors (Lipinski definition) is 9. The number of nitrogens with one attached hydrogen (secondary N) is 1. The van der Waals surface area contributed by atoms with Gasteiger partial charge in [-0.05, 0) is 12.0 Å². The molecule has 0 aromatic heterocycles. The summed E-state index contributed by atoms with van der Waals surface area (Å²) in [6, 6.07) is -1.64. The predicted octanol–water partition coefficient (Wildman–Crippen LogP) is -4.58. The normalized spacial score (nSPS) is 48.2. The van der Waals surface area contributed by atoms with Gasteiger partial charge >= 0.3 is 0 Å². The summed E-state index contributed by atoms with van der Waals surface area (Å²) < 4.78 is 0. The molecule has 0 spiro atoms. The third kappa shape index (κ3) is 3.58. The standard InChI is InChI=1S/C14H25NO8/c16-3-5-1-7(11(20)13(22)9(5)18)15-8-2-6(4-17)10(19)14(23)12(8)21/h1,6-23H,2-4H2/t6-,7?,8+,9?,10-,11?,12+,13?,14+/m1/s1. The van der Waals surface area contributed by atoms with Crippen LogP contribution in [0.1, 0.15) is 6.42 Å². The van der Waals surface area contributed by atoms with Crippen molar-refractivity contribution in [1.29, 1.82) is 0 Å². The topological polar surface area (TPSA) is 174 Å². The molecule has 0 bridgehead atoms. The SMILES string of the molecule is OCC1=CC(N[C@H]2C[C@H](CO)[C@@H](O)[C@H](O)[C@H]2O)C(O)C(O)C1O. The van der Waals surface area contributed by atoms with Gasteiger partial charge in [0, 0.05) is 18.6 Å². The van der Waals surface area contributed by atoms with Crippen molar-refractivity contribution in [2.45, 2.75) is 55.1 Å². The summed E-state index contributed by atoms with van der Waals surface area (Å²) in [6.07, 6.45) is -6.85. The van der Waals surface area contributed by atoms with E-state index >= 15 is 0 Å². The van der Waals surface area contributed by atoms with Crippen molar-refractivity contribution in [2.75, 3.05) is 13.2 Å². The molecule has 0 aromatic rings. The van der Waals surface area contributed by atoms with Gasteiger partial charge in [-0.25, -0.2) is 0 Å². The first-order valence-electron chi connectivity index (χ1n) is 7.58. The molecular weight excluding hydrogens is 310 g/mol. The molecule has 2 rings (SSSR count). The highest BCUT2D eigenvalue weighted by Gasteiger charge is 2.45. The van der Waals surface area contributed by atoms with Crippen LogP contribution in [0.25, 0.3) is 0 Å². The van der Waals surface area contributed by atoms with Crippen LogP contribution in [0.2, 0.25) is 0 Å². The van der Waals surface area contributed by atoms with Gasteiger partial charge in [0.15, 0.2) is 0 Å². The third-order valence-electron chi connectivity index (χ3n) is 4.79. The first-order chi connectivity index (χ1) is 10.8. The Labute approximate surface area is 133 Å². The van der Waals surface area contributed by atoms with Gasteiger partial charge in [0.05, 0.1) is 24.9 Å². The summed E-state index contributed by atoms with van der Waals surface area (Å²) >= 11 is 0. The Hall–Kier alpha value is -0.620. The van der Waals surface area contributed by atoms with Crippen LogP contribution in [0.15, 0.2) is 11.6 Å². The second-order valence-corrected chi connectivity index (χ2v) is 6.27. The minimum Gasteiger partial charge on any atom is -0.396 e. The highest BCUT2D eigenvalue weighted by Crippen LogP contribution is 2.28. The van der Waals surface area contributed by atoms with Crippen LogP contribution in [-0.2, 0) is 0 Å². The zero-order valence-corrected chi connectivity index (χ0v) is 12.5. The molecule has 0 heterocycles. The minimum atomic E-state index is -1.51. The van der Waals surface area contributed by atoms with E-state index in [1.54, 1.807) is 0 Å². The van der Waals surface area contributed by atoms with Crippen molar-refractivity contribution in [3.05, 3.63) is 11.6 Å². The average Bonchev–Trinajstić information content (AvgIpc) is 2.55. The fraction of sp³-hybridized carbons (Fsp3) is 0.857. The summed E-state index contributed by atoms with van der Waals surface area (Å²) in [5.41, 5.74) is 0.130. The lowest BCUT2D eigenvalue weighted by Crippen LogP contribution is -2.63. The maximum atomic E-state index is 10.1. The maximum absolute atomic E-state index is 10.1. The highest BCUT2D eigenvalue weighted by molar-refractivity contribution is 5.22. The van der Waals surface area contributed by atoms with E-state index in [4.69, 9.17) is 0 Å². The van der Waals surface area contributed by atoms with Crippen molar-refractivity contribution in [3.8, 4) is 0 Å². The average molecular weight is 335 g/mol. The molecule has 1 fully saturated rings. The molecule has 9 nitrogen and oxygen atoms in total. The van der Waals surface area contributed by atoms with Crippen molar-refractivity contribution in [2.24, 2.45) is 5.92 Å². The van der Waals surface area contributed by atoms with Crippen molar-refractivity contribution in [1.82, 2.24) is 5.32 Å². The predicted molar refractivity (Wildman–Crippen MR) is 77.1 cm³/mol. The Morgan fingerprint density at radius 1 is 0.870 bits per heavy atom. The molecule has 0 radical (unpaired) electrons. The highest BCUT2D eigenvalue weighted by atomic mass is 16.4. The van der Waals surface area contributed by atoms with Crippen molar-refractivity contribution < 1.29 is 40.9 Å². The Morgan fingerprint density at radius 3 is 2.09 bits per heavy atom. The Balaban J connectivity index is 2.15. The molecule has 23 heavy (non-hydrogen) atoms. The lowest BCUT2D eigenvalue weighted by atomic mass is 9.78. The van der Waals surface area contributed by atoms with E-state index in [2.05, 4.69) is 5.32 Å². The second kappa shape index (κ2) is 7.51. The number of aliphatic hydroxyl groups excluding tert-OH is 8. The summed E-state index contributed by atoms with van der Waals surface area (Å²) in [5.74, 6) is -0.650. The van der Waals surface area contributed by atoms with Crippen LogP contribution in [0, 0.1) is 5.92 Å². The molecule has 1 saturated carbocycles. The van der Waals surface area contributed by atoms with Crippen LogP contribution in [0.3, 0.4) is 0 Å². The van der Waals surface area contributed by atoms with Gasteiger partial charge in [-0.1, -0.05) is 6.08 Å². The molecule has 134 valence electrons. The largest absolute Gasteiger partial charge is 0.396 e. The maximum Gasteiger partial charge on any atom is 0.111 e. The van der Waals surface area contributed by atoms with E-state index < -0.39 is 61.2 Å². The van der Waals surface area contributed by atoms with Crippen LogP contribution < -0.4 is 5.32 Å². The molecule has 9 heteroatoms. The number of rotatable bonds is 4. The third-order valence-corrected chi connectivity index (χ3v) is 4.79. The molecule has 4 unspecified atom stereocenters. The molecule has 2 aliphatic rings. The van der Waals surface area contributed by atoms with E-state index in [0.29, 0.717) is 0 Å². The molecule has 9 N–H and O–H groups in total. The van der Waals surface area contributed by atoms with Gasteiger partial charge in [0.25, 0.3) is 0 Å². The van der Waals surface area contributed by atoms with Gasteiger partial charge < -0.3 is 46.2 Å². The van der Waals surface area contributed by atoms with Gasteiger partial charge in [-0.2, -0.15) is 0 Å². The molecule has 0 saturated heterocycles. The van der Waals surface area contributed by atoms with Crippen LogP contribution in [-0.4, -0.2) is 103 Å². The first-order valence-corrected chi connectivity index (χ1v) is 7.58. The smallest absolute Gasteiger partial charge is 0.111 e. The van der Waals surface area contributed by atoms with Gasteiger partial charge in [-0.15, -0.1) is 0 Å². The van der Waals surface area contributed by atoms with Gasteiger partial charge in [-0.3, -0.25) is 0 Å². The van der Waals surface area contributed by atoms with Crippen molar-refractivity contribution >= 4 is 0 Å². The molecule has 0 amide bonds. The molecule has 9 atom stereocenters. The zero-order valence-electron chi connectivity index (χ0n) is 12.5. The Bertz CT molecular complexity index is 431.